The predicted octanol–water partition coefficient (Wildman–Crippen LogP) is 3.80. The summed E-state index contributed by atoms with van der Waals surface area (Å²) in [6.45, 7) is 6.15. The lowest BCUT2D eigenvalue weighted by atomic mass is 10.0. The molecule has 1 aromatic heterocycles. The van der Waals surface area contributed by atoms with Gasteiger partial charge in [0.15, 0.2) is 0 Å². The van der Waals surface area contributed by atoms with Crippen LogP contribution in [-0.2, 0) is 11.2 Å². The number of pyridine rings is 1. The van der Waals surface area contributed by atoms with E-state index in [0.29, 0.717) is 18.6 Å². The summed E-state index contributed by atoms with van der Waals surface area (Å²) in [5.41, 5.74) is 4.33. The largest absolute Gasteiger partial charge is 0.462 e. The average molecular weight is 269 g/mol. The molecule has 3 nitrogen and oxygen atoms in total. The van der Waals surface area contributed by atoms with E-state index in [-0.39, 0.29) is 5.97 Å². The van der Waals surface area contributed by atoms with Crippen LogP contribution < -0.4 is 0 Å². The molecule has 0 spiro atoms. The quantitative estimate of drug-likeness (QED) is 0.793. The molecule has 1 heterocycles. The summed E-state index contributed by atoms with van der Waals surface area (Å²) in [6, 6.07) is 11.9. The number of aromatic nitrogens is 1. The molecule has 0 saturated carbocycles. The molecule has 0 aliphatic carbocycles. The van der Waals surface area contributed by atoms with E-state index in [0.717, 1.165) is 22.5 Å². The Morgan fingerprint density at radius 3 is 2.50 bits per heavy atom. The fraction of sp³-hybridized carbons (Fsp3) is 0.294. The third-order valence-corrected chi connectivity index (χ3v) is 3.17. The van der Waals surface area contributed by atoms with Crippen molar-refractivity contribution >= 4 is 5.97 Å². The van der Waals surface area contributed by atoms with Crippen molar-refractivity contribution in [2.24, 2.45) is 0 Å². The minimum Gasteiger partial charge on any atom is -0.462 e. The number of hydrogen-bond acceptors (Lipinski definition) is 3. The van der Waals surface area contributed by atoms with E-state index in [2.05, 4.69) is 4.98 Å². The van der Waals surface area contributed by atoms with Crippen molar-refractivity contribution in [3.8, 4) is 11.3 Å². The van der Waals surface area contributed by atoms with Gasteiger partial charge in [0, 0.05) is 5.56 Å². The molecule has 2 rings (SSSR count). The number of nitrogens with zero attached hydrogens (tertiary/aromatic N) is 1. The van der Waals surface area contributed by atoms with Gasteiger partial charge in [-0.05, 0) is 31.9 Å². The molecule has 20 heavy (non-hydrogen) atoms. The zero-order valence-corrected chi connectivity index (χ0v) is 12.1. The standard InChI is InChI=1S/C17H19NO2/c1-4-15-14(17(19)20-5-2)11-12(3)16(18-15)13-9-7-6-8-10-13/h6-11H,4-5H2,1-3H3. The number of aryl methyl sites for hydroxylation is 2. The molecule has 0 fully saturated rings. The molecule has 0 N–H and O–H groups in total. The Morgan fingerprint density at radius 1 is 1.20 bits per heavy atom. The van der Waals surface area contributed by atoms with Gasteiger partial charge in [-0.2, -0.15) is 0 Å². The highest BCUT2D eigenvalue weighted by molar-refractivity contribution is 5.91. The number of ether oxygens (including phenoxy) is 1. The Morgan fingerprint density at radius 2 is 1.90 bits per heavy atom. The number of carbonyl (C=O) groups excluding carboxylic acids is 1. The lowest BCUT2D eigenvalue weighted by molar-refractivity contribution is 0.0524. The number of esters is 1. The normalized spacial score (nSPS) is 10.3. The smallest absolute Gasteiger partial charge is 0.339 e. The number of carbonyl (C=O) groups is 1. The number of hydrogen-bond donors (Lipinski definition) is 0. The van der Waals surface area contributed by atoms with Gasteiger partial charge in [-0.1, -0.05) is 37.3 Å². The third kappa shape index (κ3) is 2.87. The molecule has 0 aliphatic rings. The number of rotatable bonds is 4. The van der Waals surface area contributed by atoms with Crippen LogP contribution in [0, 0.1) is 6.92 Å². The molecule has 0 radical (unpaired) electrons. The average Bonchev–Trinajstić information content (AvgIpc) is 2.48. The van der Waals surface area contributed by atoms with E-state index in [1.165, 1.54) is 0 Å². The van der Waals surface area contributed by atoms with E-state index >= 15 is 0 Å². The van der Waals surface area contributed by atoms with E-state index in [9.17, 15) is 4.79 Å². The van der Waals surface area contributed by atoms with Crippen LogP contribution in [0.4, 0.5) is 0 Å². The van der Waals surface area contributed by atoms with E-state index in [4.69, 9.17) is 4.74 Å². The fourth-order valence-electron chi connectivity index (χ4n) is 2.19. The summed E-state index contributed by atoms with van der Waals surface area (Å²) in [5, 5.41) is 0. The molecule has 0 atom stereocenters. The SMILES string of the molecule is CCOC(=O)c1cc(C)c(-c2ccccc2)nc1CC. The summed E-state index contributed by atoms with van der Waals surface area (Å²) < 4.78 is 5.09. The highest BCUT2D eigenvalue weighted by atomic mass is 16.5. The summed E-state index contributed by atoms with van der Waals surface area (Å²) in [6.07, 6.45) is 0.703. The lowest BCUT2D eigenvalue weighted by Gasteiger charge is -2.12. The zero-order chi connectivity index (χ0) is 14.5. The molecule has 0 amide bonds. The van der Waals surface area contributed by atoms with Crippen LogP contribution in [0.1, 0.15) is 35.5 Å². The Hall–Kier alpha value is -2.16. The molecule has 1 aromatic carbocycles. The van der Waals surface area contributed by atoms with Gasteiger partial charge in [-0.15, -0.1) is 0 Å². The highest BCUT2D eigenvalue weighted by Gasteiger charge is 2.16. The molecule has 0 bridgehead atoms. The first-order chi connectivity index (χ1) is 9.67. The Kier molecular flexibility index (Phi) is 4.51. The summed E-state index contributed by atoms with van der Waals surface area (Å²) in [4.78, 5) is 16.6. The molecular weight excluding hydrogens is 250 g/mol. The second-order valence-electron chi connectivity index (χ2n) is 4.59. The minimum atomic E-state index is -0.292. The lowest BCUT2D eigenvalue weighted by Crippen LogP contribution is -2.10. The van der Waals surface area contributed by atoms with Crippen LogP contribution in [-0.4, -0.2) is 17.6 Å². The molecule has 0 aliphatic heterocycles. The van der Waals surface area contributed by atoms with Crippen molar-refractivity contribution in [1.29, 1.82) is 0 Å². The van der Waals surface area contributed by atoms with Crippen molar-refractivity contribution in [3.63, 3.8) is 0 Å². The number of benzene rings is 1. The first-order valence-corrected chi connectivity index (χ1v) is 6.90. The Labute approximate surface area is 119 Å². The third-order valence-electron chi connectivity index (χ3n) is 3.17. The van der Waals surface area contributed by atoms with Crippen molar-refractivity contribution in [3.05, 3.63) is 53.2 Å². The van der Waals surface area contributed by atoms with Crippen LogP contribution in [0.5, 0.6) is 0 Å². The van der Waals surface area contributed by atoms with Gasteiger partial charge in [-0.3, -0.25) is 4.98 Å². The van der Waals surface area contributed by atoms with Crippen LogP contribution >= 0.6 is 0 Å². The fourth-order valence-corrected chi connectivity index (χ4v) is 2.19. The highest BCUT2D eigenvalue weighted by Crippen LogP contribution is 2.24. The van der Waals surface area contributed by atoms with Crippen LogP contribution in [0.15, 0.2) is 36.4 Å². The maximum Gasteiger partial charge on any atom is 0.339 e. The van der Waals surface area contributed by atoms with Gasteiger partial charge in [0.25, 0.3) is 0 Å². The summed E-state index contributed by atoms with van der Waals surface area (Å²) in [7, 11) is 0. The first-order valence-electron chi connectivity index (χ1n) is 6.90. The minimum absolute atomic E-state index is 0.292. The molecule has 2 aromatic rings. The van der Waals surface area contributed by atoms with Crippen molar-refractivity contribution in [1.82, 2.24) is 4.98 Å². The predicted molar refractivity (Wildman–Crippen MR) is 79.7 cm³/mol. The van der Waals surface area contributed by atoms with Gasteiger partial charge in [0.05, 0.1) is 23.6 Å². The molecule has 3 heteroatoms. The first kappa shape index (κ1) is 14.3. The zero-order valence-electron chi connectivity index (χ0n) is 12.1. The van der Waals surface area contributed by atoms with Gasteiger partial charge >= 0.3 is 5.97 Å². The Balaban J connectivity index is 2.51. The molecule has 0 unspecified atom stereocenters. The van der Waals surface area contributed by atoms with Crippen molar-refractivity contribution < 1.29 is 9.53 Å². The van der Waals surface area contributed by atoms with Gasteiger partial charge < -0.3 is 4.74 Å². The van der Waals surface area contributed by atoms with Gasteiger partial charge in [0.2, 0.25) is 0 Å². The molecule has 0 saturated heterocycles. The molecular formula is C17H19NO2. The maximum atomic E-state index is 12.0. The van der Waals surface area contributed by atoms with Crippen LogP contribution in [0.2, 0.25) is 0 Å². The van der Waals surface area contributed by atoms with E-state index in [1.54, 1.807) is 0 Å². The van der Waals surface area contributed by atoms with Gasteiger partial charge in [-0.25, -0.2) is 4.79 Å². The second-order valence-corrected chi connectivity index (χ2v) is 4.59. The van der Waals surface area contributed by atoms with Gasteiger partial charge in [0.1, 0.15) is 0 Å². The van der Waals surface area contributed by atoms with Crippen LogP contribution in [0.25, 0.3) is 11.3 Å². The van der Waals surface area contributed by atoms with E-state index < -0.39 is 0 Å². The van der Waals surface area contributed by atoms with E-state index in [1.807, 2.05) is 57.2 Å². The van der Waals surface area contributed by atoms with Crippen molar-refractivity contribution in [2.75, 3.05) is 6.61 Å². The molecule has 104 valence electrons. The van der Waals surface area contributed by atoms with Crippen molar-refractivity contribution in [2.45, 2.75) is 27.2 Å². The summed E-state index contributed by atoms with van der Waals surface area (Å²) >= 11 is 0. The second kappa shape index (κ2) is 6.33. The summed E-state index contributed by atoms with van der Waals surface area (Å²) in [5.74, 6) is -0.292. The Bertz CT molecular complexity index is 606. The topological polar surface area (TPSA) is 39.2 Å². The monoisotopic (exact) mass is 269 g/mol. The maximum absolute atomic E-state index is 12.0. The van der Waals surface area contributed by atoms with Crippen LogP contribution in [0.3, 0.4) is 0 Å².